The Labute approximate surface area is 215 Å². The van der Waals surface area contributed by atoms with E-state index in [-0.39, 0.29) is 10.8 Å². The highest BCUT2D eigenvalue weighted by Gasteiger charge is 2.61. The first-order valence-corrected chi connectivity index (χ1v) is 12.7. The molecule has 36 heavy (non-hydrogen) atoms. The summed E-state index contributed by atoms with van der Waals surface area (Å²) in [5.74, 6) is 0. The summed E-state index contributed by atoms with van der Waals surface area (Å²) >= 11 is 0. The number of rotatable bonds is 8. The minimum atomic E-state index is 0.0748. The average Bonchev–Trinajstić information content (AvgIpc) is 2.88. The monoisotopic (exact) mass is 476 g/mol. The highest BCUT2D eigenvalue weighted by molar-refractivity contribution is 5.64. The fourth-order valence-electron chi connectivity index (χ4n) is 5.91. The van der Waals surface area contributed by atoms with E-state index in [2.05, 4.69) is 122 Å². The van der Waals surface area contributed by atoms with E-state index in [1.165, 1.54) is 0 Å². The lowest BCUT2D eigenvalue weighted by molar-refractivity contribution is -0.0256. The SMILES string of the molecule is CC1(C)C(Nc2ccc(Nc3ccccc3)cc2)C(C)(C)C1Nc1ccc(Nc2ccccc2)cc1. The molecular weight excluding hydrogens is 440 g/mol. The molecule has 4 aromatic rings. The molecule has 0 aliphatic heterocycles. The van der Waals surface area contributed by atoms with Crippen molar-refractivity contribution in [1.82, 2.24) is 0 Å². The Hall–Kier alpha value is -3.92. The van der Waals surface area contributed by atoms with Crippen LogP contribution in [-0.2, 0) is 0 Å². The normalized spacial score (nSPS) is 19.6. The zero-order chi connectivity index (χ0) is 25.2. The van der Waals surface area contributed by atoms with Gasteiger partial charge in [-0.2, -0.15) is 0 Å². The van der Waals surface area contributed by atoms with E-state index in [0.717, 1.165) is 34.1 Å². The molecule has 0 bridgehead atoms. The van der Waals surface area contributed by atoms with E-state index in [0.29, 0.717) is 12.1 Å². The minimum absolute atomic E-state index is 0.0748. The summed E-state index contributed by atoms with van der Waals surface area (Å²) in [5.41, 5.74) is 6.81. The van der Waals surface area contributed by atoms with Crippen LogP contribution < -0.4 is 21.3 Å². The molecule has 0 aromatic heterocycles. The highest BCUT2D eigenvalue weighted by Crippen LogP contribution is 2.56. The van der Waals surface area contributed by atoms with Gasteiger partial charge in [0.2, 0.25) is 0 Å². The number of hydrogen-bond donors (Lipinski definition) is 4. The maximum absolute atomic E-state index is 3.82. The van der Waals surface area contributed by atoms with Crippen LogP contribution in [0.1, 0.15) is 27.7 Å². The molecule has 1 aliphatic carbocycles. The highest BCUT2D eigenvalue weighted by atomic mass is 15.1. The van der Waals surface area contributed by atoms with Crippen molar-refractivity contribution >= 4 is 34.1 Å². The summed E-state index contributed by atoms with van der Waals surface area (Å²) in [5, 5.41) is 14.6. The fourth-order valence-corrected chi connectivity index (χ4v) is 5.91. The number of para-hydroxylation sites is 2. The zero-order valence-corrected chi connectivity index (χ0v) is 21.5. The average molecular weight is 477 g/mol. The first-order valence-electron chi connectivity index (χ1n) is 12.7. The Morgan fingerprint density at radius 3 is 1.00 bits per heavy atom. The quantitative estimate of drug-likeness (QED) is 0.206. The van der Waals surface area contributed by atoms with Crippen LogP contribution in [0, 0.1) is 10.8 Å². The Kier molecular flexibility index (Phi) is 6.36. The second-order valence-corrected chi connectivity index (χ2v) is 10.9. The lowest BCUT2D eigenvalue weighted by Crippen LogP contribution is -2.72. The molecule has 0 spiro atoms. The lowest BCUT2D eigenvalue weighted by atomic mass is 9.48. The molecule has 0 unspecified atom stereocenters. The summed E-state index contributed by atoms with van der Waals surface area (Å²) < 4.78 is 0. The first kappa shape index (κ1) is 23.8. The second-order valence-electron chi connectivity index (χ2n) is 10.9. The number of hydrogen-bond acceptors (Lipinski definition) is 4. The predicted molar refractivity (Wildman–Crippen MR) is 155 cm³/mol. The van der Waals surface area contributed by atoms with Crippen molar-refractivity contribution in [2.75, 3.05) is 21.3 Å². The van der Waals surface area contributed by atoms with Gasteiger partial charge in [-0.25, -0.2) is 0 Å². The van der Waals surface area contributed by atoms with E-state index in [1.807, 2.05) is 36.4 Å². The number of nitrogens with one attached hydrogen (secondary N) is 4. The molecule has 0 saturated heterocycles. The maximum Gasteiger partial charge on any atom is 0.0402 e. The molecule has 4 N–H and O–H groups in total. The summed E-state index contributed by atoms with van der Waals surface area (Å²) in [7, 11) is 0. The van der Waals surface area contributed by atoms with Crippen LogP contribution in [0.5, 0.6) is 0 Å². The molecule has 4 aromatic carbocycles. The van der Waals surface area contributed by atoms with Crippen molar-refractivity contribution in [3.05, 3.63) is 109 Å². The summed E-state index contributed by atoms with van der Waals surface area (Å²) in [4.78, 5) is 0. The van der Waals surface area contributed by atoms with Gasteiger partial charge in [-0.1, -0.05) is 64.1 Å². The molecule has 0 radical (unpaired) electrons. The topological polar surface area (TPSA) is 48.1 Å². The molecule has 184 valence electrons. The van der Waals surface area contributed by atoms with Crippen LogP contribution in [0.15, 0.2) is 109 Å². The Bertz CT molecular complexity index is 1150. The van der Waals surface area contributed by atoms with Crippen LogP contribution in [0.4, 0.5) is 34.1 Å². The molecule has 4 heteroatoms. The Morgan fingerprint density at radius 2 is 0.667 bits per heavy atom. The van der Waals surface area contributed by atoms with Gasteiger partial charge in [-0.3, -0.25) is 0 Å². The van der Waals surface area contributed by atoms with Crippen molar-refractivity contribution < 1.29 is 0 Å². The lowest BCUT2D eigenvalue weighted by Gasteiger charge is -2.64. The van der Waals surface area contributed by atoms with Gasteiger partial charge in [0.1, 0.15) is 0 Å². The van der Waals surface area contributed by atoms with Crippen molar-refractivity contribution in [3.8, 4) is 0 Å². The standard InChI is InChI=1S/C32H36N4/c1-31(2)29(35-27-19-15-25(16-20-27)33-23-11-7-5-8-12-23)32(3,4)30(31)36-28-21-17-26(18-22-28)34-24-13-9-6-10-14-24/h5-22,29-30,33-36H,1-4H3. The summed E-state index contributed by atoms with van der Waals surface area (Å²) in [6.07, 6.45) is 0. The van der Waals surface area contributed by atoms with Gasteiger partial charge in [-0.05, 0) is 72.8 Å². The molecule has 4 nitrogen and oxygen atoms in total. The van der Waals surface area contributed by atoms with Crippen LogP contribution >= 0.6 is 0 Å². The molecule has 5 rings (SSSR count). The molecular formula is C32H36N4. The van der Waals surface area contributed by atoms with Crippen LogP contribution in [0.3, 0.4) is 0 Å². The van der Waals surface area contributed by atoms with Gasteiger partial charge in [-0.15, -0.1) is 0 Å². The van der Waals surface area contributed by atoms with Gasteiger partial charge < -0.3 is 21.3 Å². The van der Waals surface area contributed by atoms with Crippen molar-refractivity contribution in [3.63, 3.8) is 0 Å². The third-order valence-corrected chi connectivity index (χ3v) is 7.49. The Balaban J connectivity index is 1.21. The maximum atomic E-state index is 3.82. The van der Waals surface area contributed by atoms with Crippen molar-refractivity contribution in [2.45, 2.75) is 39.8 Å². The summed E-state index contributed by atoms with van der Waals surface area (Å²) in [6, 6.07) is 38.4. The van der Waals surface area contributed by atoms with Crippen LogP contribution in [0.25, 0.3) is 0 Å². The smallest absolute Gasteiger partial charge is 0.0402 e. The summed E-state index contributed by atoms with van der Waals surface area (Å²) in [6.45, 7) is 9.41. The van der Waals surface area contributed by atoms with E-state index in [1.54, 1.807) is 0 Å². The van der Waals surface area contributed by atoms with Gasteiger partial charge in [0.15, 0.2) is 0 Å². The zero-order valence-electron chi connectivity index (χ0n) is 21.5. The van der Waals surface area contributed by atoms with Gasteiger partial charge >= 0.3 is 0 Å². The van der Waals surface area contributed by atoms with Gasteiger partial charge in [0, 0.05) is 57.0 Å². The third-order valence-electron chi connectivity index (χ3n) is 7.49. The van der Waals surface area contributed by atoms with E-state index in [9.17, 15) is 0 Å². The largest absolute Gasteiger partial charge is 0.381 e. The molecule has 1 aliphatic rings. The molecule has 0 amide bonds. The molecule has 0 atom stereocenters. The second kappa shape index (κ2) is 9.62. The molecule has 1 fully saturated rings. The van der Waals surface area contributed by atoms with Gasteiger partial charge in [0.05, 0.1) is 0 Å². The van der Waals surface area contributed by atoms with Crippen molar-refractivity contribution in [1.29, 1.82) is 0 Å². The van der Waals surface area contributed by atoms with E-state index in [4.69, 9.17) is 0 Å². The van der Waals surface area contributed by atoms with Crippen LogP contribution in [-0.4, -0.2) is 12.1 Å². The van der Waals surface area contributed by atoms with Crippen molar-refractivity contribution in [2.24, 2.45) is 10.8 Å². The first-order chi connectivity index (χ1) is 17.3. The van der Waals surface area contributed by atoms with E-state index < -0.39 is 0 Å². The van der Waals surface area contributed by atoms with E-state index >= 15 is 0 Å². The minimum Gasteiger partial charge on any atom is -0.381 e. The molecule has 1 saturated carbocycles. The molecule has 0 heterocycles. The Morgan fingerprint density at radius 1 is 0.389 bits per heavy atom. The van der Waals surface area contributed by atoms with Crippen LogP contribution in [0.2, 0.25) is 0 Å². The predicted octanol–water partition coefficient (Wildman–Crippen LogP) is 8.50. The fraction of sp³-hybridized carbons (Fsp3) is 0.250. The number of anilines is 6. The van der Waals surface area contributed by atoms with Gasteiger partial charge in [0.25, 0.3) is 0 Å². The third kappa shape index (κ3) is 4.90. The number of benzene rings is 4.